The normalized spacial score (nSPS) is 15.3. The zero-order chi connectivity index (χ0) is 91.5. The molecule has 1 aliphatic carbocycles. The third-order valence-electron chi connectivity index (χ3n) is 20.2. The number of nitrogens with one attached hydrogen (secondary N) is 14. The van der Waals surface area contributed by atoms with Gasteiger partial charge < -0.3 is 114 Å². The van der Waals surface area contributed by atoms with E-state index in [1.165, 1.54) is 65.1 Å². The van der Waals surface area contributed by atoms with Crippen LogP contribution in [0.1, 0.15) is 153 Å². The van der Waals surface area contributed by atoms with Crippen LogP contribution in [0, 0.1) is 0 Å². The number of aromatic amines is 1. The highest BCUT2D eigenvalue weighted by molar-refractivity contribution is 7.82. The number of aliphatic hydroxyl groups excluding tert-OH is 1. The number of para-hydroxylation sites is 1. The fourth-order valence-corrected chi connectivity index (χ4v) is 14.1. The smallest absolute Gasteiger partial charge is 0.248 e. The minimum absolute atomic E-state index is 0.0461. The van der Waals surface area contributed by atoms with Crippen LogP contribution in [-0.4, -0.2) is 216 Å². The summed E-state index contributed by atoms with van der Waals surface area (Å²) in [5, 5.41) is 46.0. The molecule has 5 aromatic rings. The molecule has 0 saturated heterocycles. The number of carbonyl (C=O) groups excluding carboxylic acids is 19. The molecule has 0 spiro atoms. The maximum Gasteiger partial charge on any atom is 0.248 e. The number of benzene rings is 4. The molecule has 6 rings (SSSR count). The van der Waals surface area contributed by atoms with Crippen LogP contribution < -0.4 is 104 Å². The van der Waals surface area contributed by atoms with Crippen LogP contribution in [0.3, 0.4) is 0 Å². The molecule has 1 aromatic heterocycles. The number of hydrogen-bond acceptors (Lipinski definition) is 22. The molecule has 0 unspecified atom stereocenters. The number of rotatable bonds is 48. The quantitative estimate of drug-likeness (QED) is 0.0129. The Hall–Kier alpha value is -12.7. The Morgan fingerprint density at radius 3 is 1.46 bits per heavy atom. The molecule has 27 N–H and O–H groups in total. The topological polar surface area (TPSA) is 673 Å². The first-order chi connectivity index (χ1) is 57.6. The summed E-state index contributed by atoms with van der Waals surface area (Å²) in [6.07, 6.45) is -4.37. The first-order valence-corrected chi connectivity index (χ1v) is 40.4. The Morgan fingerprint density at radius 1 is 0.455 bits per heavy atom. The molecule has 0 bridgehead atoms. The molecular formula is C81H110N20O20S2. The van der Waals surface area contributed by atoms with Crippen molar-refractivity contribution in [1.29, 1.82) is 0 Å². The average molecular weight is 1750 g/mol. The van der Waals surface area contributed by atoms with Crippen LogP contribution in [0.4, 0.5) is 0 Å². The van der Waals surface area contributed by atoms with E-state index in [0.29, 0.717) is 40.3 Å². The van der Waals surface area contributed by atoms with Gasteiger partial charge in [0, 0.05) is 78.2 Å². The van der Waals surface area contributed by atoms with E-state index in [9.17, 15) is 67.4 Å². The molecule has 1 saturated carbocycles. The number of primary amides is 6. The van der Waals surface area contributed by atoms with E-state index in [4.69, 9.17) is 47.0 Å². The van der Waals surface area contributed by atoms with Crippen LogP contribution in [-0.2, 0) is 106 Å². The van der Waals surface area contributed by atoms with E-state index >= 15 is 28.8 Å². The first kappa shape index (κ1) is 99.1. The van der Waals surface area contributed by atoms with Crippen molar-refractivity contribution in [3.63, 3.8) is 0 Å². The Bertz CT molecular complexity index is 4770. The minimum atomic E-state index is -1.99. The van der Waals surface area contributed by atoms with Gasteiger partial charge in [-0.1, -0.05) is 85.6 Å². The fraction of sp³-hybridized carbons (Fsp3) is 0.469. The van der Waals surface area contributed by atoms with Crippen molar-refractivity contribution in [2.45, 2.75) is 232 Å². The van der Waals surface area contributed by atoms with E-state index in [1.54, 1.807) is 60.7 Å². The highest BCUT2D eigenvalue weighted by Gasteiger charge is 2.47. The molecule has 40 nitrogen and oxygen atoms in total. The van der Waals surface area contributed by atoms with E-state index in [0.717, 1.165) is 19.2 Å². The average Bonchev–Trinajstić information content (AvgIpc) is 1.76. The zero-order valence-corrected chi connectivity index (χ0v) is 70.8. The third kappa shape index (κ3) is 30.7. The Balaban J connectivity index is 1.36. The second kappa shape index (κ2) is 45.2. The molecule has 4 aromatic carbocycles. The number of aromatic nitrogens is 1. The largest absolute Gasteiger partial charge is 0.391 e. The van der Waals surface area contributed by atoms with Crippen molar-refractivity contribution in [3.05, 3.63) is 119 Å². The zero-order valence-electron chi connectivity index (χ0n) is 69.0. The van der Waals surface area contributed by atoms with Crippen LogP contribution in [0.2, 0.25) is 0 Å². The number of thiol groups is 2. The van der Waals surface area contributed by atoms with Gasteiger partial charge in [-0.25, -0.2) is 0 Å². The Labute approximate surface area is 718 Å². The van der Waals surface area contributed by atoms with Gasteiger partial charge in [0.05, 0.1) is 25.4 Å². The molecule has 666 valence electrons. The Kier molecular flexibility index (Phi) is 36.4. The second-order valence-corrected chi connectivity index (χ2v) is 33.8. The van der Waals surface area contributed by atoms with Crippen molar-refractivity contribution >= 4 is 159 Å². The summed E-state index contributed by atoms with van der Waals surface area (Å²) < 4.78 is -2.91. The number of amides is 19. The van der Waals surface area contributed by atoms with Crippen LogP contribution in [0.15, 0.2) is 97.2 Å². The minimum Gasteiger partial charge on any atom is -0.391 e. The molecule has 0 radical (unpaired) electrons. The summed E-state index contributed by atoms with van der Waals surface area (Å²) in [5.74, 6) is -19.4. The van der Waals surface area contributed by atoms with Gasteiger partial charge in [0.2, 0.25) is 112 Å². The lowest BCUT2D eigenvalue weighted by Crippen LogP contribution is -2.65. The summed E-state index contributed by atoms with van der Waals surface area (Å²) in [7, 11) is 0. The van der Waals surface area contributed by atoms with E-state index in [2.05, 4.69) is 86.7 Å². The molecular weight excluding hydrogens is 1640 g/mol. The van der Waals surface area contributed by atoms with Gasteiger partial charge in [0.15, 0.2) is 0 Å². The SMILES string of the molecule is CC(=O)NCCCC[C@H](NC(=O)C1(NC(=O)[C@H](Cc2ccc3ccccc3c2)NC(=O)[C@H](Cc2ccc(C(N)=O)cc2)NC(=O)[C@@H](NC(=O)[C@H](CCC(N)=O)NC(=O)[C@H](Cc2c[nH]c3ccccc23)NC(=O)[C@@H](NC(=O)[C@H](CC(N)=O)NC(=O)[C@@H](NC(C)=O)C(C)(C)S)[C@@H](C)O)C(C)(C)S)CCCC1)C(=O)N[C@@H](CC(N)=O)C(=O)N[C@@H](CC(N)=O)C(N)=O. The van der Waals surface area contributed by atoms with Crippen molar-refractivity contribution in [2.24, 2.45) is 34.4 Å². The van der Waals surface area contributed by atoms with Crippen LogP contribution in [0.5, 0.6) is 0 Å². The molecule has 12 atom stereocenters. The standard InChI is InChI=1S/C81H110N20O20S2/c1-40(102)63(99-73(116)58(38-62(85)108)97-76(119)64(79(4,5)122)90-42(3)104)75(118)95-56(35-48-39-89-50-19-11-10-18-49(48)50)71(114)91-52(27-28-59(82)105)69(112)100-65(80(6,7)123)77(120)96-54(33-43-21-25-46(26-22-43)66(86)109)70(113)93-55(34-44-23-24-45-16-8-9-17-47(45)32-44)74(117)101-81(29-13-14-30-81)78(121)98-51(20-12-15-31-88-41(2)103)68(111)94-57(37-61(84)107)72(115)92-53(67(87)110)36-60(83)106/h8-11,16-19,21-26,32,39-40,51-58,63-65,89,102,122-123H,12-15,20,27-31,33-38H2,1-7H3,(H2,82,105)(H2,83,106)(H2,84,107)(H2,85,108)(H2,86,109)(H2,87,110)(H,88,103)(H,90,104)(H,91,114)(H,92,115)(H,93,113)(H,94,111)(H,95,118)(H,96,120)(H,97,119)(H,98,121)(H,99,116)(H,100,112)(H,101,117)/t40-,51+,52+,53+,54+,55+,56+,57+,58+,63+,64-,65-/m1/s1. The van der Waals surface area contributed by atoms with Crippen molar-refractivity contribution in [1.82, 2.24) is 74.1 Å². The maximum atomic E-state index is 15.6. The predicted octanol–water partition coefficient (Wildman–Crippen LogP) is -4.29. The van der Waals surface area contributed by atoms with Gasteiger partial charge in [0.1, 0.15) is 72.0 Å². The summed E-state index contributed by atoms with van der Waals surface area (Å²) >= 11 is 9.12. The lowest BCUT2D eigenvalue weighted by molar-refractivity contribution is -0.138. The molecule has 19 amide bonds. The van der Waals surface area contributed by atoms with Crippen LogP contribution >= 0.6 is 25.3 Å². The van der Waals surface area contributed by atoms with Gasteiger partial charge in [0.25, 0.3) is 0 Å². The summed E-state index contributed by atoms with van der Waals surface area (Å²) in [4.78, 5) is 263. The van der Waals surface area contributed by atoms with Gasteiger partial charge in [-0.3, -0.25) is 91.1 Å². The lowest BCUT2D eigenvalue weighted by atomic mass is 9.93. The van der Waals surface area contributed by atoms with Gasteiger partial charge >= 0.3 is 0 Å². The van der Waals surface area contributed by atoms with Gasteiger partial charge in [-0.05, 0) is 119 Å². The Morgan fingerprint density at radius 2 is 0.911 bits per heavy atom. The number of H-pyrrole nitrogens is 1. The summed E-state index contributed by atoms with van der Waals surface area (Å²) in [5.41, 5.74) is 32.8. The van der Waals surface area contributed by atoms with E-state index in [1.807, 2.05) is 6.07 Å². The highest BCUT2D eigenvalue weighted by atomic mass is 32.1. The number of fused-ring (bicyclic) bond motifs is 2. The number of carbonyl (C=O) groups is 19. The van der Waals surface area contributed by atoms with Gasteiger partial charge in [-0.2, -0.15) is 25.3 Å². The number of aliphatic hydroxyl groups is 1. The predicted molar refractivity (Wildman–Crippen MR) is 454 cm³/mol. The molecule has 42 heteroatoms. The lowest BCUT2D eigenvalue weighted by Gasteiger charge is -2.34. The number of nitrogens with two attached hydrogens (primary N) is 6. The molecule has 0 aliphatic heterocycles. The maximum absolute atomic E-state index is 15.6. The fourth-order valence-electron chi connectivity index (χ4n) is 13.7. The van der Waals surface area contributed by atoms with Crippen molar-refractivity contribution in [3.8, 4) is 0 Å². The second-order valence-electron chi connectivity index (χ2n) is 31.5. The van der Waals surface area contributed by atoms with E-state index in [-0.39, 0.29) is 62.1 Å². The highest BCUT2D eigenvalue weighted by Crippen LogP contribution is 2.32. The first-order valence-electron chi connectivity index (χ1n) is 39.5. The molecule has 1 heterocycles. The van der Waals surface area contributed by atoms with Crippen molar-refractivity contribution in [2.75, 3.05) is 6.54 Å². The monoisotopic (exact) mass is 1750 g/mol. The number of hydrogen-bond donors (Lipinski definition) is 23. The molecule has 123 heavy (non-hydrogen) atoms. The summed E-state index contributed by atoms with van der Waals surface area (Å²) in [6.45, 7) is 9.37. The molecule has 1 aliphatic rings. The molecule has 1 fully saturated rings. The summed E-state index contributed by atoms with van der Waals surface area (Å²) in [6, 6.07) is 5.56. The number of unbranched alkanes of at least 4 members (excludes halogenated alkanes) is 1. The van der Waals surface area contributed by atoms with E-state index < -0.39 is 239 Å². The van der Waals surface area contributed by atoms with Gasteiger partial charge in [-0.15, -0.1) is 0 Å². The van der Waals surface area contributed by atoms with Crippen LogP contribution in [0.25, 0.3) is 21.7 Å². The van der Waals surface area contributed by atoms with Crippen molar-refractivity contribution < 1.29 is 96.2 Å². The third-order valence-corrected chi connectivity index (χ3v) is 20.7.